The summed E-state index contributed by atoms with van der Waals surface area (Å²) in [5.74, 6) is -0.158. The van der Waals surface area contributed by atoms with Crippen molar-refractivity contribution in [2.45, 2.75) is 6.54 Å². The molecule has 0 atom stereocenters. The van der Waals surface area contributed by atoms with E-state index in [9.17, 15) is 9.59 Å². The average Bonchev–Trinajstić information content (AvgIpc) is 2.70. The summed E-state index contributed by atoms with van der Waals surface area (Å²) in [6.07, 6.45) is 0. The molecule has 1 aromatic heterocycles. The van der Waals surface area contributed by atoms with E-state index in [1.165, 1.54) is 0 Å². The monoisotopic (exact) mass is 262 g/mol. The molecule has 0 bridgehead atoms. The van der Waals surface area contributed by atoms with Gasteiger partial charge in [0.2, 0.25) is 0 Å². The maximum atomic E-state index is 11.9. The van der Waals surface area contributed by atoms with E-state index in [0.717, 1.165) is 17.6 Å². The number of fused-ring (bicyclic) bond motifs is 1. The molecule has 2 rings (SSSR count). The van der Waals surface area contributed by atoms with Gasteiger partial charge in [0.05, 0.1) is 11.0 Å². The maximum absolute atomic E-state index is 11.9. The lowest BCUT2D eigenvalue weighted by Crippen LogP contribution is -2.24. The number of rotatable bonds is 4. The lowest BCUT2D eigenvalue weighted by atomic mass is 10.2. The van der Waals surface area contributed by atoms with Gasteiger partial charge in [-0.05, 0) is 32.3 Å². The molecule has 102 valence electrons. The van der Waals surface area contributed by atoms with Crippen LogP contribution in [0.4, 0.5) is 0 Å². The minimum absolute atomic E-state index is 0.147. The largest absolute Gasteiger partial charge is 0.355 e. The molecule has 1 heterocycles. The highest BCUT2D eigenvalue weighted by molar-refractivity contribution is 5.97. The van der Waals surface area contributed by atoms with Gasteiger partial charge in [-0.25, -0.2) is 4.79 Å². The number of amides is 1. The van der Waals surface area contributed by atoms with Crippen molar-refractivity contribution in [1.82, 2.24) is 19.8 Å². The van der Waals surface area contributed by atoms with Crippen LogP contribution in [-0.4, -0.2) is 48.0 Å². The van der Waals surface area contributed by atoms with Crippen LogP contribution in [0, 0.1) is 0 Å². The number of aromatic amines is 1. The summed E-state index contributed by atoms with van der Waals surface area (Å²) in [6.45, 7) is 1.35. The van der Waals surface area contributed by atoms with Crippen LogP contribution in [0.1, 0.15) is 10.4 Å². The van der Waals surface area contributed by atoms with Crippen molar-refractivity contribution in [3.63, 3.8) is 0 Å². The quantitative estimate of drug-likeness (QED) is 0.830. The summed E-state index contributed by atoms with van der Waals surface area (Å²) in [5, 5.41) is 2.58. The fourth-order valence-corrected chi connectivity index (χ4v) is 1.96. The summed E-state index contributed by atoms with van der Waals surface area (Å²) in [4.78, 5) is 28.3. The first-order valence-corrected chi connectivity index (χ1v) is 6.12. The summed E-state index contributed by atoms with van der Waals surface area (Å²) in [5.41, 5.74) is 1.91. The molecule has 0 aliphatic carbocycles. The number of carbonyl (C=O) groups is 1. The van der Waals surface area contributed by atoms with Crippen molar-refractivity contribution in [2.75, 3.05) is 27.7 Å². The van der Waals surface area contributed by atoms with Crippen LogP contribution in [0.2, 0.25) is 0 Å². The van der Waals surface area contributed by atoms with Crippen LogP contribution in [0.25, 0.3) is 11.0 Å². The Morgan fingerprint density at radius 3 is 2.79 bits per heavy atom. The number of H-pyrrole nitrogens is 1. The Bertz CT molecular complexity index is 654. The fraction of sp³-hybridized carbons (Fsp3) is 0.385. The number of nitrogens with one attached hydrogen (secondary N) is 2. The average molecular weight is 262 g/mol. The van der Waals surface area contributed by atoms with Crippen LogP contribution in [0.3, 0.4) is 0 Å². The first kappa shape index (κ1) is 13.4. The molecule has 19 heavy (non-hydrogen) atoms. The molecule has 1 aromatic carbocycles. The van der Waals surface area contributed by atoms with Crippen LogP contribution >= 0.6 is 0 Å². The second-order valence-electron chi connectivity index (χ2n) is 4.70. The lowest BCUT2D eigenvalue weighted by molar-refractivity contribution is 0.0963. The third-order valence-corrected chi connectivity index (χ3v) is 3.04. The Morgan fingerprint density at radius 1 is 1.42 bits per heavy atom. The summed E-state index contributed by atoms with van der Waals surface area (Å²) in [7, 11) is 5.49. The molecule has 2 N–H and O–H groups in total. The van der Waals surface area contributed by atoms with E-state index in [1.54, 1.807) is 29.8 Å². The molecule has 0 aliphatic heterocycles. The van der Waals surface area contributed by atoms with Gasteiger partial charge >= 0.3 is 5.69 Å². The van der Waals surface area contributed by atoms with Crippen molar-refractivity contribution in [2.24, 2.45) is 0 Å². The first-order valence-electron chi connectivity index (χ1n) is 6.12. The first-order chi connectivity index (χ1) is 9.02. The molecular weight excluding hydrogens is 244 g/mol. The Morgan fingerprint density at radius 2 is 2.16 bits per heavy atom. The van der Waals surface area contributed by atoms with Crippen molar-refractivity contribution in [1.29, 1.82) is 0 Å². The van der Waals surface area contributed by atoms with E-state index in [4.69, 9.17) is 0 Å². The van der Waals surface area contributed by atoms with Gasteiger partial charge < -0.3 is 15.2 Å². The van der Waals surface area contributed by atoms with Gasteiger partial charge in [0.15, 0.2) is 0 Å². The Balaban J connectivity index is 2.47. The van der Waals surface area contributed by atoms with Gasteiger partial charge in [-0.15, -0.1) is 0 Å². The highest BCUT2D eigenvalue weighted by atomic mass is 16.2. The molecule has 0 radical (unpaired) electrons. The van der Waals surface area contributed by atoms with Gasteiger partial charge in [-0.2, -0.15) is 0 Å². The van der Waals surface area contributed by atoms with E-state index in [-0.39, 0.29) is 11.6 Å². The zero-order valence-electron chi connectivity index (χ0n) is 11.4. The normalized spacial score (nSPS) is 11.2. The van der Waals surface area contributed by atoms with Gasteiger partial charge in [-0.1, -0.05) is 0 Å². The van der Waals surface area contributed by atoms with E-state index in [1.807, 2.05) is 19.0 Å². The number of hydrogen-bond acceptors (Lipinski definition) is 3. The Labute approximate surface area is 111 Å². The number of hydrogen-bond donors (Lipinski definition) is 2. The summed E-state index contributed by atoms with van der Waals surface area (Å²) < 4.78 is 1.65. The minimum atomic E-state index is -0.158. The van der Waals surface area contributed by atoms with Crippen LogP contribution in [0.5, 0.6) is 0 Å². The van der Waals surface area contributed by atoms with E-state index in [0.29, 0.717) is 12.1 Å². The highest BCUT2D eigenvalue weighted by Crippen LogP contribution is 2.13. The number of aromatic nitrogens is 2. The molecule has 0 fully saturated rings. The van der Waals surface area contributed by atoms with Crippen LogP contribution in [-0.2, 0) is 6.54 Å². The number of benzene rings is 1. The lowest BCUT2D eigenvalue weighted by Gasteiger charge is -2.10. The Hall–Kier alpha value is -2.08. The maximum Gasteiger partial charge on any atom is 0.326 e. The molecular formula is C13H18N4O2. The number of likely N-dealkylation sites (N-methyl/N-ethyl adjacent to an activating group) is 1. The third kappa shape index (κ3) is 2.68. The zero-order chi connectivity index (χ0) is 14.0. The van der Waals surface area contributed by atoms with Gasteiger partial charge in [0.1, 0.15) is 0 Å². The summed E-state index contributed by atoms with van der Waals surface area (Å²) >= 11 is 0. The minimum Gasteiger partial charge on any atom is -0.355 e. The van der Waals surface area contributed by atoms with Crippen LogP contribution < -0.4 is 11.0 Å². The predicted molar refractivity (Wildman–Crippen MR) is 74.5 cm³/mol. The van der Waals surface area contributed by atoms with Crippen molar-refractivity contribution in [3.8, 4) is 0 Å². The van der Waals surface area contributed by atoms with Crippen molar-refractivity contribution < 1.29 is 4.79 Å². The van der Waals surface area contributed by atoms with Gasteiger partial charge in [0.25, 0.3) is 5.91 Å². The smallest absolute Gasteiger partial charge is 0.326 e. The molecule has 0 unspecified atom stereocenters. The van der Waals surface area contributed by atoms with Gasteiger partial charge in [-0.3, -0.25) is 9.36 Å². The topological polar surface area (TPSA) is 70.1 Å². The van der Waals surface area contributed by atoms with E-state index < -0.39 is 0 Å². The zero-order valence-corrected chi connectivity index (χ0v) is 11.4. The summed E-state index contributed by atoms with van der Waals surface area (Å²) in [6, 6.07) is 5.20. The Kier molecular flexibility index (Phi) is 3.71. The van der Waals surface area contributed by atoms with Crippen molar-refractivity contribution in [3.05, 3.63) is 34.2 Å². The molecule has 0 saturated carbocycles. The number of nitrogens with zero attached hydrogens (tertiary/aromatic N) is 2. The molecule has 6 nitrogen and oxygen atoms in total. The SMILES string of the molecule is CNC(=O)c1ccc2[nH]c(=O)n(CCN(C)C)c2c1. The molecule has 0 spiro atoms. The molecule has 6 heteroatoms. The number of imidazole rings is 1. The van der Waals surface area contributed by atoms with E-state index in [2.05, 4.69) is 10.3 Å². The second-order valence-corrected chi connectivity index (χ2v) is 4.70. The van der Waals surface area contributed by atoms with Crippen LogP contribution in [0.15, 0.2) is 23.0 Å². The predicted octanol–water partition coefficient (Wildman–Crippen LogP) is 0.251. The molecule has 1 amide bonds. The third-order valence-electron chi connectivity index (χ3n) is 3.04. The fourth-order valence-electron chi connectivity index (χ4n) is 1.96. The standard InChI is InChI=1S/C13H18N4O2/c1-14-12(18)9-4-5-10-11(8-9)17(13(19)15-10)7-6-16(2)3/h4-5,8H,6-7H2,1-3H3,(H,14,18)(H,15,19). The van der Waals surface area contributed by atoms with Gasteiger partial charge in [0, 0.05) is 25.7 Å². The van der Waals surface area contributed by atoms with E-state index >= 15 is 0 Å². The number of carbonyl (C=O) groups excluding carboxylic acids is 1. The second kappa shape index (κ2) is 5.27. The molecule has 0 aliphatic rings. The molecule has 0 saturated heterocycles. The highest BCUT2D eigenvalue weighted by Gasteiger charge is 2.10. The molecule has 2 aromatic rings. The van der Waals surface area contributed by atoms with Crippen molar-refractivity contribution >= 4 is 16.9 Å².